The van der Waals surface area contributed by atoms with E-state index in [0.29, 0.717) is 19.0 Å². The Kier molecular flexibility index (Phi) is 5.06. The predicted octanol–water partition coefficient (Wildman–Crippen LogP) is 2.86. The minimum Gasteiger partial charge on any atom is -0.444 e. The van der Waals surface area contributed by atoms with E-state index in [-0.39, 0.29) is 11.6 Å². The molecular formula is C17H27N3O2. The lowest BCUT2D eigenvalue weighted by Crippen LogP contribution is -2.53. The summed E-state index contributed by atoms with van der Waals surface area (Å²) in [5.41, 5.74) is 0.405. The Morgan fingerprint density at radius 3 is 2.59 bits per heavy atom. The second-order valence-electron chi connectivity index (χ2n) is 7.22. The number of pyridine rings is 1. The fraction of sp³-hybridized carbons (Fsp3) is 0.647. The van der Waals surface area contributed by atoms with Crippen LogP contribution in [0.1, 0.15) is 46.2 Å². The molecule has 2 rings (SSSR count). The molecule has 5 nitrogen and oxygen atoms in total. The van der Waals surface area contributed by atoms with Gasteiger partial charge in [0.2, 0.25) is 0 Å². The molecule has 0 spiro atoms. The van der Waals surface area contributed by atoms with Crippen LogP contribution >= 0.6 is 0 Å². The van der Waals surface area contributed by atoms with Crippen LogP contribution in [0, 0.1) is 5.92 Å². The fourth-order valence-corrected chi connectivity index (χ4v) is 2.44. The van der Waals surface area contributed by atoms with Crippen LogP contribution in [0.5, 0.6) is 0 Å². The molecule has 1 aliphatic carbocycles. The molecule has 122 valence electrons. The van der Waals surface area contributed by atoms with Crippen molar-refractivity contribution in [3.8, 4) is 0 Å². The van der Waals surface area contributed by atoms with E-state index in [2.05, 4.69) is 22.5 Å². The maximum atomic E-state index is 11.8. The van der Waals surface area contributed by atoms with E-state index in [1.807, 2.05) is 39.0 Å². The summed E-state index contributed by atoms with van der Waals surface area (Å²) >= 11 is 0. The average Bonchev–Trinajstić information content (AvgIpc) is 3.27. The first kappa shape index (κ1) is 16.7. The van der Waals surface area contributed by atoms with E-state index >= 15 is 0 Å². The van der Waals surface area contributed by atoms with E-state index in [1.54, 1.807) is 6.20 Å². The van der Waals surface area contributed by atoms with Crippen LogP contribution in [0.15, 0.2) is 24.4 Å². The summed E-state index contributed by atoms with van der Waals surface area (Å²) in [6, 6.07) is 5.90. The molecule has 1 atom stereocenters. The van der Waals surface area contributed by atoms with Gasteiger partial charge < -0.3 is 15.4 Å². The number of amides is 1. The minimum atomic E-state index is -0.471. The number of nitrogens with zero attached hydrogens (tertiary/aromatic N) is 1. The summed E-state index contributed by atoms with van der Waals surface area (Å²) in [6.07, 6.45) is 3.83. The highest BCUT2D eigenvalue weighted by atomic mass is 16.6. The van der Waals surface area contributed by atoms with Crippen LogP contribution in [0.3, 0.4) is 0 Å². The summed E-state index contributed by atoms with van der Waals surface area (Å²) in [5.74, 6) is 0.589. The van der Waals surface area contributed by atoms with E-state index in [9.17, 15) is 4.79 Å². The van der Waals surface area contributed by atoms with Crippen molar-refractivity contribution in [3.63, 3.8) is 0 Å². The number of carbonyl (C=O) groups excluding carboxylic acids is 1. The third-order valence-corrected chi connectivity index (χ3v) is 3.88. The molecule has 2 N–H and O–H groups in total. The molecule has 1 amide bonds. The molecule has 5 heteroatoms. The number of hydrogen-bond donors (Lipinski definition) is 2. The molecule has 0 saturated heterocycles. The third kappa shape index (κ3) is 5.30. The Balaban J connectivity index is 1.87. The van der Waals surface area contributed by atoms with Crippen LogP contribution in [0.25, 0.3) is 0 Å². The summed E-state index contributed by atoms with van der Waals surface area (Å²) in [6.45, 7) is 9.01. The van der Waals surface area contributed by atoms with Gasteiger partial charge in [0.1, 0.15) is 5.60 Å². The third-order valence-electron chi connectivity index (χ3n) is 3.88. The zero-order chi connectivity index (χ0) is 16.2. The number of hydrogen-bond acceptors (Lipinski definition) is 4. The molecule has 22 heavy (non-hydrogen) atoms. The molecule has 1 saturated carbocycles. The second kappa shape index (κ2) is 6.65. The first-order chi connectivity index (χ1) is 10.3. The molecule has 1 aromatic heterocycles. The number of carbonyl (C=O) groups is 1. The molecule has 0 aliphatic heterocycles. The lowest BCUT2D eigenvalue weighted by molar-refractivity contribution is 0.0507. The molecule has 0 aromatic carbocycles. The topological polar surface area (TPSA) is 63.2 Å². The lowest BCUT2D eigenvalue weighted by Gasteiger charge is -2.32. The normalized spacial score (nSPS) is 17.6. The molecular weight excluding hydrogens is 278 g/mol. The van der Waals surface area contributed by atoms with Gasteiger partial charge >= 0.3 is 6.09 Å². The number of ether oxygens (including phenoxy) is 1. The van der Waals surface area contributed by atoms with Crippen LogP contribution in [-0.2, 0) is 11.3 Å². The van der Waals surface area contributed by atoms with Gasteiger partial charge in [-0.1, -0.05) is 6.07 Å². The van der Waals surface area contributed by atoms with Crippen molar-refractivity contribution in [3.05, 3.63) is 30.1 Å². The van der Waals surface area contributed by atoms with Gasteiger partial charge in [-0.25, -0.2) is 4.79 Å². The van der Waals surface area contributed by atoms with Crippen LogP contribution in [0.4, 0.5) is 4.79 Å². The van der Waals surface area contributed by atoms with Crippen LogP contribution < -0.4 is 10.6 Å². The molecule has 1 aromatic rings. The van der Waals surface area contributed by atoms with Gasteiger partial charge in [0.05, 0.1) is 5.69 Å². The summed E-state index contributed by atoms with van der Waals surface area (Å²) in [7, 11) is 0. The van der Waals surface area contributed by atoms with Crippen molar-refractivity contribution in [2.24, 2.45) is 5.92 Å². The van der Waals surface area contributed by atoms with Crippen molar-refractivity contribution < 1.29 is 9.53 Å². The number of alkyl carbamates (subject to hydrolysis) is 1. The van der Waals surface area contributed by atoms with Gasteiger partial charge in [0.25, 0.3) is 0 Å². The SMILES string of the molecule is CC(C)(C)OC(=O)NCC(C)(NCc1ccccn1)C1CC1. The van der Waals surface area contributed by atoms with E-state index in [0.717, 1.165) is 5.69 Å². The minimum absolute atomic E-state index is 0.131. The Hall–Kier alpha value is -1.62. The standard InChI is InChI=1S/C17H27N3O2/c1-16(2,3)22-15(21)19-12-17(4,13-8-9-13)20-11-14-7-5-6-10-18-14/h5-7,10,13,20H,8-9,11-12H2,1-4H3,(H,19,21). The highest BCUT2D eigenvalue weighted by Gasteiger charge is 2.41. The van der Waals surface area contributed by atoms with Crippen molar-refractivity contribution in [1.29, 1.82) is 0 Å². The summed E-state index contributed by atoms with van der Waals surface area (Å²) < 4.78 is 5.31. The Morgan fingerprint density at radius 2 is 2.05 bits per heavy atom. The summed E-state index contributed by atoms with van der Waals surface area (Å²) in [4.78, 5) is 16.2. The largest absolute Gasteiger partial charge is 0.444 e. The first-order valence-electron chi connectivity index (χ1n) is 7.90. The molecule has 1 heterocycles. The Morgan fingerprint density at radius 1 is 1.32 bits per heavy atom. The van der Waals surface area contributed by atoms with Gasteiger partial charge in [0, 0.05) is 24.8 Å². The average molecular weight is 305 g/mol. The van der Waals surface area contributed by atoms with E-state index < -0.39 is 5.60 Å². The molecule has 0 bridgehead atoms. The zero-order valence-electron chi connectivity index (χ0n) is 14.0. The first-order valence-corrected chi connectivity index (χ1v) is 7.90. The smallest absolute Gasteiger partial charge is 0.407 e. The lowest BCUT2D eigenvalue weighted by atomic mass is 9.95. The number of aromatic nitrogens is 1. The molecule has 1 aliphatic rings. The van der Waals surface area contributed by atoms with Gasteiger partial charge in [-0.3, -0.25) is 4.98 Å². The van der Waals surface area contributed by atoms with Crippen LogP contribution in [-0.4, -0.2) is 28.8 Å². The second-order valence-corrected chi connectivity index (χ2v) is 7.22. The predicted molar refractivity (Wildman–Crippen MR) is 86.4 cm³/mol. The molecule has 1 fully saturated rings. The quantitative estimate of drug-likeness (QED) is 0.848. The molecule has 0 radical (unpaired) electrons. The maximum absolute atomic E-state index is 11.8. The van der Waals surface area contributed by atoms with Crippen molar-refractivity contribution >= 4 is 6.09 Å². The summed E-state index contributed by atoms with van der Waals surface area (Å²) in [5, 5.41) is 6.45. The van der Waals surface area contributed by atoms with Crippen molar-refractivity contribution in [2.75, 3.05) is 6.54 Å². The number of nitrogens with one attached hydrogen (secondary N) is 2. The fourth-order valence-electron chi connectivity index (χ4n) is 2.44. The van der Waals surface area contributed by atoms with E-state index in [1.165, 1.54) is 12.8 Å². The zero-order valence-corrected chi connectivity index (χ0v) is 14.0. The van der Waals surface area contributed by atoms with Gasteiger partial charge in [0.15, 0.2) is 0 Å². The maximum Gasteiger partial charge on any atom is 0.407 e. The van der Waals surface area contributed by atoms with Gasteiger partial charge in [-0.15, -0.1) is 0 Å². The molecule has 1 unspecified atom stereocenters. The van der Waals surface area contributed by atoms with Gasteiger partial charge in [-0.2, -0.15) is 0 Å². The highest BCUT2D eigenvalue weighted by Crippen LogP contribution is 2.39. The number of rotatable bonds is 6. The Labute approximate surface area is 132 Å². The highest BCUT2D eigenvalue weighted by molar-refractivity contribution is 5.67. The van der Waals surface area contributed by atoms with Crippen molar-refractivity contribution in [1.82, 2.24) is 15.6 Å². The van der Waals surface area contributed by atoms with Crippen molar-refractivity contribution in [2.45, 2.75) is 58.2 Å². The monoisotopic (exact) mass is 305 g/mol. The van der Waals surface area contributed by atoms with Gasteiger partial charge in [-0.05, 0) is 58.6 Å². The van der Waals surface area contributed by atoms with E-state index in [4.69, 9.17) is 4.74 Å². The Bertz CT molecular complexity index is 494. The van der Waals surface area contributed by atoms with Crippen LogP contribution in [0.2, 0.25) is 0 Å².